The summed E-state index contributed by atoms with van der Waals surface area (Å²) in [6.07, 6.45) is -5.07. The van der Waals surface area contributed by atoms with Crippen molar-refractivity contribution in [3.05, 3.63) is 21.9 Å². The van der Waals surface area contributed by atoms with Gasteiger partial charge in [-0.15, -0.1) is 24.8 Å². The SMILES string of the molecule is O=[N+]([O-])c1cc(O)c(OC(F)(F)F)nc1CCl. The molecule has 0 amide bonds. The monoisotopic (exact) mass is 272 g/mol. The molecule has 0 radical (unpaired) electrons. The number of aromatic nitrogens is 1. The molecule has 0 aromatic carbocycles. The van der Waals surface area contributed by atoms with Gasteiger partial charge in [-0.25, -0.2) is 4.98 Å². The van der Waals surface area contributed by atoms with Crippen molar-refractivity contribution in [2.24, 2.45) is 0 Å². The average molecular weight is 273 g/mol. The van der Waals surface area contributed by atoms with Crippen LogP contribution in [0.3, 0.4) is 0 Å². The van der Waals surface area contributed by atoms with Crippen LogP contribution in [-0.2, 0) is 5.88 Å². The van der Waals surface area contributed by atoms with Crippen molar-refractivity contribution in [2.75, 3.05) is 0 Å². The van der Waals surface area contributed by atoms with Crippen LogP contribution in [0.2, 0.25) is 0 Å². The van der Waals surface area contributed by atoms with E-state index in [1.165, 1.54) is 0 Å². The average Bonchev–Trinajstić information content (AvgIpc) is 2.18. The fraction of sp³-hybridized carbons (Fsp3) is 0.286. The van der Waals surface area contributed by atoms with Gasteiger partial charge in [0, 0.05) is 0 Å². The lowest BCUT2D eigenvalue weighted by Gasteiger charge is -2.10. The summed E-state index contributed by atoms with van der Waals surface area (Å²) >= 11 is 5.29. The predicted molar refractivity (Wildman–Crippen MR) is 48.8 cm³/mol. The van der Waals surface area contributed by atoms with Crippen LogP contribution in [0.5, 0.6) is 11.6 Å². The van der Waals surface area contributed by atoms with Gasteiger partial charge in [0.15, 0.2) is 5.75 Å². The minimum absolute atomic E-state index is 0.436. The minimum Gasteiger partial charge on any atom is -0.503 e. The van der Waals surface area contributed by atoms with Gasteiger partial charge < -0.3 is 9.84 Å². The summed E-state index contributed by atoms with van der Waals surface area (Å²) in [6.45, 7) is 0. The second-order valence-corrected chi connectivity index (χ2v) is 2.98. The lowest BCUT2D eigenvalue weighted by Crippen LogP contribution is -2.18. The van der Waals surface area contributed by atoms with E-state index >= 15 is 0 Å². The first-order valence-electron chi connectivity index (χ1n) is 3.93. The summed E-state index contributed by atoms with van der Waals surface area (Å²) in [7, 11) is 0. The number of hydrogen-bond donors (Lipinski definition) is 1. The molecule has 0 saturated heterocycles. The smallest absolute Gasteiger partial charge is 0.503 e. The Morgan fingerprint density at radius 1 is 1.59 bits per heavy atom. The van der Waals surface area contributed by atoms with Crippen molar-refractivity contribution in [1.29, 1.82) is 0 Å². The van der Waals surface area contributed by atoms with Gasteiger partial charge in [-0.2, -0.15) is 0 Å². The van der Waals surface area contributed by atoms with Gasteiger partial charge in [0.05, 0.1) is 16.9 Å². The summed E-state index contributed by atoms with van der Waals surface area (Å²) < 4.78 is 39.0. The molecule has 0 spiro atoms. The van der Waals surface area contributed by atoms with Crippen molar-refractivity contribution in [1.82, 2.24) is 4.98 Å². The molecular weight excluding hydrogens is 269 g/mol. The molecule has 1 rings (SSSR count). The summed E-state index contributed by atoms with van der Waals surface area (Å²) in [5, 5.41) is 19.6. The Hall–Kier alpha value is -1.77. The number of nitro groups is 1. The molecule has 0 saturated carbocycles. The third kappa shape index (κ3) is 3.34. The largest absolute Gasteiger partial charge is 0.574 e. The highest BCUT2D eigenvalue weighted by molar-refractivity contribution is 6.17. The summed E-state index contributed by atoms with van der Waals surface area (Å²) in [4.78, 5) is 12.7. The molecular formula is C7H4ClF3N2O4. The van der Waals surface area contributed by atoms with Gasteiger partial charge in [0.1, 0.15) is 5.69 Å². The molecule has 1 aromatic heterocycles. The van der Waals surface area contributed by atoms with Gasteiger partial charge in [-0.1, -0.05) is 0 Å². The highest BCUT2D eigenvalue weighted by Crippen LogP contribution is 2.34. The maximum absolute atomic E-state index is 11.9. The van der Waals surface area contributed by atoms with E-state index in [1.807, 2.05) is 0 Å². The fourth-order valence-corrected chi connectivity index (χ4v) is 1.15. The first-order valence-corrected chi connectivity index (χ1v) is 4.47. The molecule has 0 fully saturated rings. The Bertz CT molecular complexity index is 451. The van der Waals surface area contributed by atoms with Gasteiger partial charge in [-0.3, -0.25) is 10.1 Å². The number of aromatic hydroxyl groups is 1. The van der Waals surface area contributed by atoms with Crippen molar-refractivity contribution in [3.8, 4) is 11.6 Å². The number of ether oxygens (including phenoxy) is 1. The van der Waals surface area contributed by atoms with Crippen LogP contribution in [0.15, 0.2) is 6.07 Å². The van der Waals surface area contributed by atoms with Crippen LogP contribution in [-0.4, -0.2) is 21.4 Å². The Morgan fingerprint density at radius 3 is 2.59 bits per heavy atom. The predicted octanol–water partition coefficient (Wildman–Crippen LogP) is 2.33. The molecule has 0 aliphatic carbocycles. The molecule has 6 nitrogen and oxygen atoms in total. The van der Waals surface area contributed by atoms with Crippen molar-refractivity contribution in [3.63, 3.8) is 0 Å². The number of rotatable bonds is 3. The molecule has 10 heteroatoms. The second-order valence-electron chi connectivity index (χ2n) is 2.72. The van der Waals surface area contributed by atoms with Crippen molar-refractivity contribution < 1.29 is 27.9 Å². The van der Waals surface area contributed by atoms with Gasteiger partial charge in [0.25, 0.3) is 11.6 Å². The first kappa shape index (κ1) is 13.3. The first-order chi connectivity index (χ1) is 7.74. The zero-order chi connectivity index (χ0) is 13.2. The van der Waals surface area contributed by atoms with Crippen LogP contribution in [0.4, 0.5) is 18.9 Å². The minimum atomic E-state index is -5.07. The molecule has 0 aliphatic rings. The standard InChI is InChI=1S/C7H4ClF3N2O4/c8-2-3-4(13(15)16)1-5(14)6(12-3)17-7(9,10)11/h1,14H,2H2. The van der Waals surface area contributed by atoms with E-state index in [-0.39, 0.29) is 0 Å². The van der Waals surface area contributed by atoms with Crippen LogP contribution in [0.1, 0.15) is 5.69 Å². The summed E-state index contributed by atoms with van der Waals surface area (Å²) in [5.74, 6) is -2.77. The van der Waals surface area contributed by atoms with Gasteiger partial charge >= 0.3 is 6.36 Å². The Kier molecular flexibility index (Phi) is 3.61. The Morgan fingerprint density at radius 2 is 2.18 bits per heavy atom. The summed E-state index contributed by atoms with van der Waals surface area (Å²) in [5.41, 5.74) is -1.12. The van der Waals surface area contributed by atoms with E-state index < -0.39 is 40.2 Å². The van der Waals surface area contributed by atoms with Crippen LogP contribution in [0, 0.1) is 10.1 Å². The number of alkyl halides is 4. The lowest BCUT2D eigenvalue weighted by atomic mass is 10.3. The molecule has 0 atom stereocenters. The van der Waals surface area contributed by atoms with Crippen LogP contribution in [0.25, 0.3) is 0 Å². The van der Waals surface area contributed by atoms with E-state index in [0.29, 0.717) is 6.07 Å². The third-order valence-corrected chi connectivity index (χ3v) is 1.81. The van der Waals surface area contributed by atoms with E-state index in [1.54, 1.807) is 0 Å². The number of pyridine rings is 1. The molecule has 1 N–H and O–H groups in total. The fourth-order valence-electron chi connectivity index (χ4n) is 0.953. The lowest BCUT2D eigenvalue weighted by molar-refractivity contribution is -0.386. The highest BCUT2D eigenvalue weighted by atomic mass is 35.5. The van der Waals surface area contributed by atoms with Gasteiger partial charge in [-0.05, 0) is 0 Å². The molecule has 1 heterocycles. The van der Waals surface area contributed by atoms with E-state index in [2.05, 4.69) is 9.72 Å². The molecule has 17 heavy (non-hydrogen) atoms. The molecule has 0 unspecified atom stereocenters. The number of halogens is 4. The maximum atomic E-state index is 11.9. The summed E-state index contributed by atoms with van der Waals surface area (Å²) in [6, 6.07) is 0.492. The quantitative estimate of drug-likeness (QED) is 0.518. The topological polar surface area (TPSA) is 85.5 Å². The maximum Gasteiger partial charge on any atom is 0.574 e. The third-order valence-electron chi connectivity index (χ3n) is 1.56. The van der Waals surface area contributed by atoms with Crippen molar-refractivity contribution in [2.45, 2.75) is 12.2 Å². The Labute approximate surface area is 96.7 Å². The Balaban J connectivity index is 3.23. The van der Waals surface area contributed by atoms with E-state index in [4.69, 9.17) is 16.7 Å². The van der Waals surface area contributed by atoms with E-state index in [0.717, 1.165) is 0 Å². The number of hydrogen-bond acceptors (Lipinski definition) is 5. The van der Waals surface area contributed by atoms with Gasteiger partial charge in [0.2, 0.25) is 0 Å². The van der Waals surface area contributed by atoms with E-state index in [9.17, 15) is 23.3 Å². The highest BCUT2D eigenvalue weighted by Gasteiger charge is 2.34. The number of nitrogens with zero attached hydrogens (tertiary/aromatic N) is 2. The normalized spacial score (nSPS) is 11.3. The zero-order valence-corrected chi connectivity index (χ0v) is 8.62. The molecule has 0 aliphatic heterocycles. The molecule has 1 aromatic rings. The van der Waals surface area contributed by atoms with Crippen LogP contribution >= 0.6 is 11.6 Å². The second kappa shape index (κ2) is 4.62. The van der Waals surface area contributed by atoms with Crippen molar-refractivity contribution >= 4 is 17.3 Å². The molecule has 94 valence electrons. The zero-order valence-electron chi connectivity index (χ0n) is 7.86. The molecule has 0 bridgehead atoms. The van der Waals surface area contributed by atoms with Crippen LogP contribution < -0.4 is 4.74 Å².